The van der Waals surface area contributed by atoms with Gasteiger partial charge in [0.05, 0.1) is 5.41 Å². The van der Waals surface area contributed by atoms with Crippen molar-refractivity contribution in [2.75, 3.05) is 13.1 Å². The summed E-state index contributed by atoms with van der Waals surface area (Å²) in [5, 5.41) is 9.30. The van der Waals surface area contributed by atoms with Gasteiger partial charge in [-0.05, 0) is 12.8 Å². The number of nitrogens with zero attached hydrogens (tertiary/aromatic N) is 1. The van der Waals surface area contributed by atoms with Crippen LogP contribution in [0.4, 0.5) is 0 Å². The Balaban J connectivity index is 2.63. The van der Waals surface area contributed by atoms with Gasteiger partial charge in [-0.1, -0.05) is 13.3 Å². The Morgan fingerprint density at radius 2 is 2.24 bits per heavy atom. The Morgan fingerprint density at radius 1 is 1.53 bits per heavy atom. The summed E-state index contributed by atoms with van der Waals surface area (Å²) < 4.78 is 0. The summed E-state index contributed by atoms with van der Waals surface area (Å²) in [5.41, 5.74) is -0.736. The highest BCUT2D eigenvalue weighted by Crippen LogP contribution is 2.35. The van der Waals surface area contributed by atoms with E-state index in [0.717, 1.165) is 6.42 Å². The summed E-state index contributed by atoms with van der Waals surface area (Å²) in [7, 11) is 0. The van der Waals surface area contributed by atoms with Crippen LogP contribution in [0.5, 0.6) is 0 Å². The van der Waals surface area contributed by atoms with Crippen molar-refractivity contribution in [2.24, 2.45) is 5.41 Å². The van der Waals surface area contributed by atoms with Crippen molar-refractivity contribution in [3.63, 3.8) is 0 Å². The van der Waals surface area contributed by atoms with Crippen molar-refractivity contribution >= 4 is 11.9 Å². The van der Waals surface area contributed by atoms with Crippen LogP contribution in [0.25, 0.3) is 0 Å². The van der Waals surface area contributed by atoms with Crippen LogP contribution >= 0.6 is 0 Å². The van der Waals surface area contributed by atoms with E-state index in [-0.39, 0.29) is 5.91 Å². The van der Waals surface area contributed by atoms with Gasteiger partial charge in [-0.2, -0.15) is 0 Å². The molecule has 0 bridgehead atoms. The van der Waals surface area contributed by atoms with E-state index >= 15 is 0 Å². The van der Waals surface area contributed by atoms with Gasteiger partial charge in [-0.3, -0.25) is 9.59 Å². The summed E-state index contributed by atoms with van der Waals surface area (Å²) in [6.07, 6.45) is 7.85. The number of rotatable bonds is 5. The predicted molar refractivity (Wildman–Crippen MR) is 64.2 cm³/mol. The highest BCUT2D eigenvalue weighted by atomic mass is 16.4. The molecule has 0 saturated carbocycles. The second-order valence-corrected chi connectivity index (χ2v) is 4.60. The first kappa shape index (κ1) is 13.6. The normalized spacial score (nSPS) is 23.4. The number of hydrogen-bond acceptors (Lipinski definition) is 2. The first-order valence-electron chi connectivity index (χ1n) is 6.00. The van der Waals surface area contributed by atoms with E-state index in [9.17, 15) is 14.7 Å². The number of carbonyl (C=O) groups excluding carboxylic acids is 1. The molecule has 1 saturated heterocycles. The van der Waals surface area contributed by atoms with Gasteiger partial charge in [0, 0.05) is 25.9 Å². The average molecular weight is 237 g/mol. The summed E-state index contributed by atoms with van der Waals surface area (Å²) >= 11 is 0. The van der Waals surface area contributed by atoms with Gasteiger partial charge in [0.2, 0.25) is 5.91 Å². The molecule has 1 N–H and O–H groups in total. The maximum absolute atomic E-state index is 11.8. The minimum atomic E-state index is -0.786. The number of carboxylic acids is 1. The number of likely N-dealkylation sites (tertiary alicyclic amines) is 1. The van der Waals surface area contributed by atoms with Crippen molar-refractivity contribution in [1.82, 2.24) is 4.90 Å². The number of terminal acetylenes is 1. The van der Waals surface area contributed by atoms with Crippen LogP contribution in [0.1, 0.15) is 39.0 Å². The average Bonchev–Trinajstić information content (AvgIpc) is 2.72. The molecule has 0 radical (unpaired) electrons. The van der Waals surface area contributed by atoms with Gasteiger partial charge < -0.3 is 10.0 Å². The highest BCUT2D eigenvalue weighted by Gasteiger charge is 2.45. The lowest BCUT2D eigenvalue weighted by Crippen LogP contribution is -2.36. The number of aliphatic carboxylic acids is 1. The molecule has 1 amide bonds. The Labute approximate surface area is 102 Å². The van der Waals surface area contributed by atoms with Gasteiger partial charge in [-0.15, -0.1) is 12.3 Å². The number of carbonyl (C=O) groups is 2. The van der Waals surface area contributed by atoms with E-state index in [0.29, 0.717) is 38.8 Å². The smallest absolute Gasteiger partial charge is 0.311 e. The summed E-state index contributed by atoms with van der Waals surface area (Å²) in [6, 6.07) is 0. The molecule has 0 aromatic rings. The standard InChI is InChI=1S/C13H19NO3/c1-3-5-6-11(15)14-9-8-13(10-14,7-4-2)12(16)17/h1H,4-10H2,2H3,(H,16,17). The molecule has 4 nitrogen and oxygen atoms in total. The summed E-state index contributed by atoms with van der Waals surface area (Å²) in [6.45, 7) is 2.84. The Morgan fingerprint density at radius 3 is 2.76 bits per heavy atom. The quantitative estimate of drug-likeness (QED) is 0.737. The lowest BCUT2D eigenvalue weighted by molar-refractivity contribution is -0.149. The molecule has 1 fully saturated rings. The molecular weight excluding hydrogens is 218 g/mol. The molecule has 0 aliphatic carbocycles. The maximum Gasteiger partial charge on any atom is 0.311 e. The van der Waals surface area contributed by atoms with Crippen molar-refractivity contribution in [2.45, 2.75) is 39.0 Å². The number of amides is 1. The maximum atomic E-state index is 11.8. The molecule has 1 aliphatic heterocycles. The second-order valence-electron chi connectivity index (χ2n) is 4.60. The van der Waals surface area contributed by atoms with Gasteiger partial charge in [-0.25, -0.2) is 0 Å². The van der Waals surface area contributed by atoms with Gasteiger partial charge >= 0.3 is 5.97 Å². The topological polar surface area (TPSA) is 57.6 Å². The third kappa shape index (κ3) is 3.00. The predicted octanol–water partition coefficient (Wildman–Crippen LogP) is 1.50. The fraction of sp³-hybridized carbons (Fsp3) is 0.692. The zero-order chi connectivity index (χ0) is 12.9. The van der Waals surface area contributed by atoms with Crippen LogP contribution in [0.15, 0.2) is 0 Å². The van der Waals surface area contributed by atoms with E-state index < -0.39 is 11.4 Å². The molecule has 1 atom stereocenters. The van der Waals surface area contributed by atoms with E-state index in [2.05, 4.69) is 5.92 Å². The van der Waals surface area contributed by atoms with Crippen LogP contribution in [-0.2, 0) is 9.59 Å². The zero-order valence-corrected chi connectivity index (χ0v) is 10.2. The molecule has 17 heavy (non-hydrogen) atoms. The van der Waals surface area contributed by atoms with E-state index in [4.69, 9.17) is 6.42 Å². The van der Waals surface area contributed by atoms with Crippen molar-refractivity contribution in [3.05, 3.63) is 0 Å². The SMILES string of the molecule is C#CCCC(=O)N1CCC(CCC)(C(=O)O)C1. The Hall–Kier alpha value is -1.50. The lowest BCUT2D eigenvalue weighted by Gasteiger charge is -2.24. The minimum Gasteiger partial charge on any atom is -0.481 e. The van der Waals surface area contributed by atoms with Crippen LogP contribution in [0, 0.1) is 17.8 Å². The number of hydrogen-bond donors (Lipinski definition) is 1. The largest absolute Gasteiger partial charge is 0.481 e. The van der Waals surface area contributed by atoms with Crippen molar-refractivity contribution in [1.29, 1.82) is 0 Å². The van der Waals surface area contributed by atoms with Crippen molar-refractivity contribution < 1.29 is 14.7 Å². The molecule has 1 aliphatic rings. The molecule has 94 valence electrons. The monoisotopic (exact) mass is 237 g/mol. The molecule has 1 heterocycles. The van der Waals surface area contributed by atoms with Crippen LogP contribution in [0.3, 0.4) is 0 Å². The molecular formula is C13H19NO3. The summed E-state index contributed by atoms with van der Waals surface area (Å²) in [4.78, 5) is 24.7. The first-order valence-corrected chi connectivity index (χ1v) is 6.00. The molecule has 0 aromatic heterocycles. The second kappa shape index (κ2) is 5.72. The molecule has 1 unspecified atom stereocenters. The molecule has 4 heteroatoms. The fourth-order valence-corrected chi connectivity index (χ4v) is 2.39. The minimum absolute atomic E-state index is 0.0258. The van der Waals surface area contributed by atoms with Gasteiger partial charge in [0.1, 0.15) is 0 Å². The third-order valence-electron chi connectivity index (χ3n) is 3.37. The van der Waals surface area contributed by atoms with Gasteiger partial charge in [0.15, 0.2) is 0 Å². The Bertz CT molecular complexity index is 345. The fourth-order valence-electron chi connectivity index (χ4n) is 2.39. The van der Waals surface area contributed by atoms with Crippen LogP contribution in [-0.4, -0.2) is 35.0 Å². The van der Waals surface area contributed by atoms with E-state index in [1.807, 2.05) is 6.92 Å². The highest BCUT2D eigenvalue weighted by molar-refractivity contribution is 5.80. The van der Waals surface area contributed by atoms with Crippen molar-refractivity contribution in [3.8, 4) is 12.3 Å². The zero-order valence-electron chi connectivity index (χ0n) is 10.2. The van der Waals surface area contributed by atoms with Crippen LogP contribution < -0.4 is 0 Å². The van der Waals surface area contributed by atoms with E-state index in [1.165, 1.54) is 0 Å². The molecule has 0 aromatic carbocycles. The van der Waals surface area contributed by atoms with Gasteiger partial charge in [0.25, 0.3) is 0 Å². The van der Waals surface area contributed by atoms with Crippen LogP contribution in [0.2, 0.25) is 0 Å². The Kier molecular flexibility index (Phi) is 4.56. The summed E-state index contributed by atoms with van der Waals surface area (Å²) in [5.74, 6) is 1.62. The van der Waals surface area contributed by atoms with E-state index in [1.54, 1.807) is 4.90 Å². The third-order valence-corrected chi connectivity index (χ3v) is 3.37. The number of carboxylic acid groups (broad SMARTS) is 1. The first-order chi connectivity index (χ1) is 8.05. The lowest BCUT2D eigenvalue weighted by atomic mass is 9.83. The molecule has 1 rings (SSSR count). The molecule has 0 spiro atoms.